The van der Waals surface area contributed by atoms with Crippen LogP contribution in [-0.4, -0.2) is 59.6 Å². The number of hydrogen-bond donors (Lipinski definition) is 1. The number of carbonyl (C=O) groups is 2. The Bertz CT molecular complexity index is 1370. The molecule has 0 spiro atoms. The molecule has 34 heavy (non-hydrogen) atoms. The number of nitrogens with one attached hydrogen (secondary N) is 1. The molecule has 1 aliphatic heterocycles. The molecule has 2 aromatic carbocycles. The Morgan fingerprint density at radius 3 is 2.50 bits per heavy atom. The zero-order valence-corrected chi connectivity index (χ0v) is 20.4. The maximum atomic E-state index is 13.0. The number of aromatic nitrogens is 2. The molecule has 1 aromatic heterocycles. The van der Waals surface area contributed by atoms with E-state index in [1.54, 1.807) is 12.1 Å². The molecule has 0 aliphatic carbocycles. The number of benzene rings is 2. The molecule has 0 saturated carbocycles. The molecule has 0 bridgehead atoms. The second-order valence-electron chi connectivity index (χ2n) is 8.55. The first kappa shape index (κ1) is 23.7. The Morgan fingerprint density at radius 1 is 1.06 bits per heavy atom. The van der Waals surface area contributed by atoms with Gasteiger partial charge in [-0.3, -0.25) is 14.2 Å². The Kier molecular flexibility index (Phi) is 6.83. The molecule has 1 fully saturated rings. The lowest BCUT2D eigenvalue weighted by Gasteiger charge is -2.37. The number of rotatable bonds is 5. The van der Waals surface area contributed by atoms with Crippen molar-refractivity contribution in [2.45, 2.75) is 26.8 Å². The zero-order valence-electron chi connectivity index (χ0n) is 19.6. The number of nitrogens with zero attached hydrogens (tertiary/aromatic N) is 3. The summed E-state index contributed by atoms with van der Waals surface area (Å²) in [4.78, 5) is 44.8. The molecule has 4 rings (SSSR count). The van der Waals surface area contributed by atoms with E-state index in [0.717, 1.165) is 13.1 Å². The van der Waals surface area contributed by atoms with Crippen LogP contribution in [0.25, 0.3) is 10.9 Å². The fourth-order valence-electron chi connectivity index (χ4n) is 4.32. The number of piperazine rings is 1. The minimum Gasteiger partial charge on any atom is -0.465 e. The quantitative estimate of drug-likeness (QED) is 0.446. The number of hydrogen-bond acceptors (Lipinski definition) is 6. The van der Waals surface area contributed by atoms with Gasteiger partial charge in [0.25, 0.3) is 5.56 Å². The second kappa shape index (κ2) is 9.80. The van der Waals surface area contributed by atoms with E-state index in [-0.39, 0.29) is 29.2 Å². The fourth-order valence-corrected chi connectivity index (χ4v) is 4.61. The average molecular weight is 481 g/mol. The van der Waals surface area contributed by atoms with Gasteiger partial charge in [-0.2, -0.15) is 0 Å². The highest BCUT2D eigenvalue weighted by Crippen LogP contribution is 2.23. The van der Waals surface area contributed by atoms with E-state index < -0.39 is 5.97 Å². The summed E-state index contributed by atoms with van der Waals surface area (Å²) in [5.41, 5.74) is 4.17. The van der Waals surface area contributed by atoms with Gasteiger partial charge in [-0.25, -0.2) is 4.79 Å². The predicted octanol–water partition coefficient (Wildman–Crippen LogP) is 3.20. The summed E-state index contributed by atoms with van der Waals surface area (Å²) in [7, 11) is 1.30. The number of amides is 1. The van der Waals surface area contributed by atoms with E-state index >= 15 is 0 Å². The maximum Gasteiger partial charge on any atom is 0.337 e. The van der Waals surface area contributed by atoms with Crippen molar-refractivity contribution in [3.8, 4) is 0 Å². The summed E-state index contributed by atoms with van der Waals surface area (Å²) < 4.78 is 6.34. The van der Waals surface area contributed by atoms with Crippen molar-refractivity contribution in [3.05, 3.63) is 68.2 Å². The van der Waals surface area contributed by atoms with Crippen LogP contribution in [0.1, 0.15) is 27.9 Å². The number of aromatic amines is 1. The topological polar surface area (TPSA) is 87.6 Å². The van der Waals surface area contributed by atoms with Crippen LogP contribution in [0.3, 0.4) is 0 Å². The third-order valence-electron chi connectivity index (χ3n) is 6.29. The fraction of sp³-hybridized carbons (Fsp3) is 0.360. The number of anilines is 1. The summed E-state index contributed by atoms with van der Waals surface area (Å²) in [5, 5.41) is 0.399. The normalized spacial score (nSPS) is 13.9. The monoisotopic (exact) mass is 480 g/mol. The summed E-state index contributed by atoms with van der Waals surface area (Å²) >= 11 is 5.36. The largest absolute Gasteiger partial charge is 0.465 e. The summed E-state index contributed by atoms with van der Waals surface area (Å²) in [6.07, 6.45) is 0.187. The van der Waals surface area contributed by atoms with Crippen LogP contribution < -0.4 is 10.5 Å². The summed E-state index contributed by atoms with van der Waals surface area (Å²) in [5.74, 6) is -0.489. The van der Waals surface area contributed by atoms with E-state index in [1.165, 1.54) is 34.6 Å². The minimum absolute atomic E-state index is 0.00282. The van der Waals surface area contributed by atoms with E-state index in [0.29, 0.717) is 29.6 Å². The van der Waals surface area contributed by atoms with Gasteiger partial charge in [-0.15, -0.1) is 0 Å². The number of aryl methyl sites for hydroxylation is 2. The molecule has 1 N–H and O–H groups in total. The van der Waals surface area contributed by atoms with Gasteiger partial charge in [0.2, 0.25) is 5.91 Å². The molecule has 0 atom stereocenters. The first-order chi connectivity index (χ1) is 16.3. The molecular formula is C25H28N4O4S. The van der Waals surface area contributed by atoms with Crippen LogP contribution in [-0.2, 0) is 16.1 Å². The average Bonchev–Trinajstić information content (AvgIpc) is 2.84. The van der Waals surface area contributed by atoms with Crippen molar-refractivity contribution < 1.29 is 14.3 Å². The third kappa shape index (κ3) is 4.75. The number of esters is 1. The van der Waals surface area contributed by atoms with Crippen molar-refractivity contribution in [1.29, 1.82) is 0 Å². The predicted molar refractivity (Wildman–Crippen MR) is 134 cm³/mol. The van der Waals surface area contributed by atoms with Crippen molar-refractivity contribution >= 4 is 40.7 Å². The molecule has 8 nitrogen and oxygen atoms in total. The van der Waals surface area contributed by atoms with Gasteiger partial charge in [0, 0.05) is 44.8 Å². The van der Waals surface area contributed by atoms with Crippen LogP contribution in [0, 0.1) is 18.6 Å². The van der Waals surface area contributed by atoms with E-state index in [9.17, 15) is 14.4 Å². The van der Waals surface area contributed by atoms with Crippen molar-refractivity contribution in [2.75, 3.05) is 38.2 Å². The van der Waals surface area contributed by atoms with Crippen LogP contribution in [0.15, 0.2) is 41.2 Å². The van der Waals surface area contributed by atoms with E-state index in [4.69, 9.17) is 17.0 Å². The van der Waals surface area contributed by atoms with Crippen molar-refractivity contribution in [1.82, 2.24) is 14.5 Å². The van der Waals surface area contributed by atoms with Gasteiger partial charge < -0.3 is 19.5 Å². The lowest BCUT2D eigenvalue weighted by molar-refractivity contribution is -0.131. The molecule has 0 unspecified atom stereocenters. The van der Waals surface area contributed by atoms with E-state index in [1.807, 2.05) is 4.90 Å². The van der Waals surface area contributed by atoms with Gasteiger partial charge in [0.05, 0.1) is 23.6 Å². The molecule has 2 heterocycles. The molecule has 0 radical (unpaired) electrons. The smallest absolute Gasteiger partial charge is 0.337 e. The van der Waals surface area contributed by atoms with Crippen LogP contribution in [0.4, 0.5) is 5.69 Å². The van der Waals surface area contributed by atoms with Crippen molar-refractivity contribution in [3.63, 3.8) is 0 Å². The third-order valence-corrected chi connectivity index (χ3v) is 6.61. The van der Waals surface area contributed by atoms with Gasteiger partial charge >= 0.3 is 5.97 Å². The standard InChI is InChI=1S/C25H28N4O4S/c1-16-4-5-17(2)21(14-16)27-10-12-28(13-11-27)22(30)8-9-29-23(31)19-7-6-18(24(32)33-3)15-20(19)26-25(29)34/h4-7,14-15H,8-13H2,1-3H3,(H,26,34). The molecule has 178 valence electrons. The highest BCUT2D eigenvalue weighted by atomic mass is 32.1. The lowest BCUT2D eigenvalue weighted by atomic mass is 10.1. The zero-order chi connectivity index (χ0) is 24.4. The number of methoxy groups -OCH3 is 1. The Labute approximate surface area is 202 Å². The SMILES string of the molecule is COC(=O)c1ccc2c(=O)n(CCC(=O)N3CCN(c4cc(C)ccc4C)CC3)c(=S)[nH]c2c1. The highest BCUT2D eigenvalue weighted by Gasteiger charge is 2.22. The molecule has 9 heteroatoms. The van der Waals surface area contributed by atoms with E-state index in [2.05, 4.69) is 41.9 Å². The van der Waals surface area contributed by atoms with Crippen LogP contribution >= 0.6 is 12.2 Å². The Balaban J connectivity index is 1.42. The molecule has 3 aromatic rings. The lowest BCUT2D eigenvalue weighted by Crippen LogP contribution is -2.49. The minimum atomic E-state index is -0.492. The highest BCUT2D eigenvalue weighted by molar-refractivity contribution is 7.71. The number of H-pyrrole nitrogens is 1. The molecule has 1 aliphatic rings. The molecule has 1 saturated heterocycles. The summed E-state index contributed by atoms with van der Waals surface area (Å²) in [6.45, 7) is 7.21. The van der Waals surface area contributed by atoms with Gasteiger partial charge in [-0.1, -0.05) is 12.1 Å². The van der Waals surface area contributed by atoms with Crippen LogP contribution in [0.2, 0.25) is 0 Å². The van der Waals surface area contributed by atoms with Gasteiger partial charge in [0.15, 0.2) is 4.77 Å². The Hall–Kier alpha value is -3.46. The second-order valence-corrected chi connectivity index (χ2v) is 8.93. The maximum absolute atomic E-state index is 13.0. The first-order valence-corrected chi connectivity index (χ1v) is 11.6. The van der Waals surface area contributed by atoms with Crippen molar-refractivity contribution in [2.24, 2.45) is 0 Å². The molecule has 1 amide bonds. The van der Waals surface area contributed by atoms with Gasteiger partial charge in [0.1, 0.15) is 0 Å². The molecular weight excluding hydrogens is 452 g/mol. The number of ether oxygens (including phenoxy) is 1. The number of fused-ring (bicyclic) bond motifs is 1. The Morgan fingerprint density at radius 2 is 1.79 bits per heavy atom. The van der Waals surface area contributed by atoms with Crippen LogP contribution in [0.5, 0.6) is 0 Å². The number of carbonyl (C=O) groups excluding carboxylic acids is 2. The summed E-state index contributed by atoms with van der Waals surface area (Å²) in [6, 6.07) is 11.1. The first-order valence-electron chi connectivity index (χ1n) is 11.2. The van der Waals surface area contributed by atoms with Gasteiger partial charge in [-0.05, 0) is 61.5 Å².